The average molecular weight is 421 g/mol. The third kappa shape index (κ3) is 6.01. The van der Waals surface area contributed by atoms with Gasteiger partial charge in [0.2, 0.25) is 0 Å². The number of hydrazine groups is 1. The highest BCUT2D eigenvalue weighted by Gasteiger charge is 2.32. The minimum absolute atomic E-state index is 0.0131. The molecule has 1 aliphatic rings. The van der Waals surface area contributed by atoms with Crippen LogP contribution < -0.4 is 21.5 Å². The second-order valence-electron chi connectivity index (χ2n) is 6.75. The number of benzene rings is 1. The minimum atomic E-state index is -4.54. The van der Waals surface area contributed by atoms with E-state index in [1.54, 1.807) is 13.8 Å². The van der Waals surface area contributed by atoms with Crippen LogP contribution in [0.4, 0.5) is 18.9 Å². The Morgan fingerprint density at radius 3 is 2.25 bits per heavy atom. The number of amides is 3. The van der Waals surface area contributed by atoms with Crippen molar-refractivity contribution in [1.29, 1.82) is 0 Å². The molecule has 2 rings (SSSR count). The summed E-state index contributed by atoms with van der Waals surface area (Å²) in [5, 5.41) is 5.02. The van der Waals surface area contributed by atoms with E-state index in [4.69, 9.17) is 11.6 Å². The smallest absolute Gasteiger partial charge is 0.372 e. The summed E-state index contributed by atoms with van der Waals surface area (Å²) in [5.41, 5.74) is 3.35. The Hall–Kier alpha value is -2.49. The van der Waals surface area contributed by atoms with Crippen LogP contribution in [0.2, 0.25) is 5.02 Å². The van der Waals surface area contributed by atoms with Gasteiger partial charge in [-0.15, -0.1) is 0 Å². The number of hydrogen-bond donors (Lipinski definition) is 4. The van der Waals surface area contributed by atoms with Crippen molar-refractivity contribution in [1.82, 2.24) is 16.2 Å². The highest BCUT2D eigenvalue weighted by molar-refractivity contribution is 6.35. The van der Waals surface area contributed by atoms with Gasteiger partial charge in [0, 0.05) is 6.04 Å². The van der Waals surface area contributed by atoms with Crippen molar-refractivity contribution in [3.05, 3.63) is 28.8 Å². The zero-order valence-electron chi connectivity index (χ0n) is 15.1. The van der Waals surface area contributed by atoms with E-state index in [2.05, 4.69) is 16.1 Å². The van der Waals surface area contributed by atoms with Gasteiger partial charge < -0.3 is 10.6 Å². The number of rotatable bonds is 5. The van der Waals surface area contributed by atoms with Crippen molar-refractivity contribution < 1.29 is 27.6 Å². The first-order valence-electron chi connectivity index (χ1n) is 8.53. The maximum Gasteiger partial charge on any atom is 0.416 e. The number of hydrogen-bond acceptors (Lipinski definition) is 4. The molecule has 3 amide bonds. The van der Waals surface area contributed by atoms with E-state index in [0.29, 0.717) is 0 Å². The van der Waals surface area contributed by atoms with Crippen molar-refractivity contribution >= 4 is 35.0 Å². The van der Waals surface area contributed by atoms with Gasteiger partial charge >= 0.3 is 18.0 Å². The molecular weight excluding hydrogens is 401 g/mol. The number of nitrogens with one attached hydrogen (secondary N) is 4. The number of halogens is 4. The Morgan fingerprint density at radius 2 is 1.75 bits per heavy atom. The number of carbonyl (C=O) groups is 3. The fourth-order valence-electron chi connectivity index (χ4n) is 2.24. The van der Waals surface area contributed by atoms with E-state index in [1.807, 2.05) is 5.43 Å². The fraction of sp³-hybridized carbons (Fsp3) is 0.471. The molecule has 0 saturated heterocycles. The molecule has 0 radical (unpaired) electrons. The molecule has 0 aromatic heterocycles. The summed E-state index contributed by atoms with van der Waals surface area (Å²) >= 11 is 5.90. The molecule has 0 bridgehead atoms. The zero-order chi connectivity index (χ0) is 21.1. The van der Waals surface area contributed by atoms with Gasteiger partial charge in [-0.05, 0) is 37.0 Å². The van der Waals surface area contributed by atoms with Crippen molar-refractivity contribution in [2.75, 3.05) is 5.32 Å². The van der Waals surface area contributed by atoms with Gasteiger partial charge in [-0.2, -0.15) is 13.2 Å². The summed E-state index contributed by atoms with van der Waals surface area (Å²) < 4.78 is 38.2. The second-order valence-corrected chi connectivity index (χ2v) is 7.16. The summed E-state index contributed by atoms with van der Waals surface area (Å²) in [6, 6.07) is 1.77. The van der Waals surface area contributed by atoms with Gasteiger partial charge in [-0.1, -0.05) is 25.4 Å². The Balaban J connectivity index is 1.99. The van der Waals surface area contributed by atoms with Crippen LogP contribution in [0.3, 0.4) is 0 Å². The van der Waals surface area contributed by atoms with E-state index >= 15 is 0 Å². The summed E-state index contributed by atoms with van der Waals surface area (Å²) in [5.74, 6) is -2.87. The Kier molecular flexibility index (Phi) is 6.76. The van der Waals surface area contributed by atoms with Crippen LogP contribution in [-0.2, 0) is 20.6 Å². The van der Waals surface area contributed by atoms with Gasteiger partial charge in [0.1, 0.15) is 6.04 Å². The van der Waals surface area contributed by atoms with Crippen LogP contribution in [0.15, 0.2) is 18.2 Å². The number of carbonyl (C=O) groups excluding carboxylic acids is 3. The van der Waals surface area contributed by atoms with Crippen molar-refractivity contribution in [3.8, 4) is 0 Å². The zero-order valence-corrected chi connectivity index (χ0v) is 15.9. The molecule has 1 aliphatic carbocycles. The topological polar surface area (TPSA) is 99.3 Å². The van der Waals surface area contributed by atoms with E-state index in [0.717, 1.165) is 31.0 Å². The van der Waals surface area contributed by atoms with Crippen LogP contribution >= 0.6 is 11.6 Å². The maximum atomic E-state index is 12.7. The van der Waals surface area contributed by atoms with Gasteiger partial charge in [-0.25, -0.2) is 0 Å². The van der Waals surface area contributed by atoms with Gasteiger partial charge in [-0.3, -0.25) is 25.2 Å². The minimum Gasteiger partial charge on any atom is -0.372 e. The van der Waals surface area contributed by atoms with Gasteiger partial charge in [0.05, 0.1) is 16.3 Å². The Labute approximate surface area is 164 Å². The van der Waals surface area contributed by atoms with Crippen LogP contribution in [0, 0.1) is 5.92 Å². The monoisotopic (exact) mass is 420 g/mol. The lowest BCUT2D eigenvalue weighted by atomic mass is 10.0. The standard InChI is InChI=1S/C17H20ClF3N4O3/c1-8(2)13(14(26)24-25-16(28)15(27)22-10-4-5-10)23-12-6-3-9(7-11(12)18)17(19,20)21/h3,6-8,10,13,23H,4-5H2,1-2H3,(H,22,27)(H,24,26)(H,25,28)/t13-/m0/s1. The number of anilines is 1. The van der Waals surface area contributed by atoms with E-state index < -0.39 is 35.5 Å². The molecule has 4 N–H and O–H groups in total. The molecular formula is C17H20ClF3N4O3. The van der Waals surface area contributed by atoms with E-state index in [1.165, 1.54) is 0 Å². The lowest BCUT2D eigenvalue weighted by molar-refractivity contribution is -0.141. The van der Waals surface area contributed by atoms with Crippen molar-refractivity contribution in [3.63, 3.8) is 0 Å². The highest BCUT2D eigenvalue weighted by atomic mass is 35.5. The highest BCUT2D eigenvalue weighted by Crippen LogP contribution is 2.34. The quantitative estimate of drug-likeness (QED) is 0.433. The molecule has 1 saturated carbocycles. The molecule has 1 atom stereocenters. The molecule has 1 fully saturated rings. The molecule has 28 heavy (non-hydrogen) atoms. The van der Waals surface area contributed by atoms with Gasteiger partial charge in [0.15, 0.2) is 0 Å². The first kappa shape index (κ1) is 21.8. The summed E-state index contributed by atoms with van der Waals surface area (Å²) in [4.78, 5) is 35.6. The average Bonchev–Trinajstić information content (AvgIpc) is 3.40. The van der Waals surface area contributed by atoms with Gasteiger partial charge in [0.25, 0.3) is 5.91 Å². The van der Waals surface area contributed by atoms with Crippen molar-refractivity contribution in [2.24, 2.45) is 5.92 Å². The predicted molar refractivity (Wildman–Crippen MR) is 96.2 cm³/mol. The SMILES string of the molecule is CC(C)[C@H](Nc1ccc(C(F)(F)F)cc1Cl)C(=O)NNC(=O)C(=O)NC1CC1. The number of alkyl halides is 3. The largest absolute Gasteiger partial charge is 0.416 e. The predicted octanol–water partition coefficient (Wildman–Crippen LogP) is 2.22. The van der Waals surface area contributed by atoms with E-state index in [-0.39, 0.29) is 22.7 Å². The molecule has 154 valence electrons. The van der Waals surface area contributed by atoms with E-state index in [9.17, 15) is 27.6 Å². The second kappa shape index (κ2) is 8.68. The first-order valence-corrected chi connectivity index (χ1v) is 8.90. The lowest BCUT2D eigenvalue weighted by Gasteiger charge is -2.23. The molecule has 1 aromatic carbocycles. The summed E-state index contributed by atoms with van der Waals surface area (Å²) in [7, 11) is 0. The molecule has 0 spiro atoms. The van der Waals surface area contributed by atoms with Crippen LogP contribution in [-0.4, -0.2) is 29.8 Å². The normalized spacial score (nSPS) is 15.0. The summed E-state index contributed by atoms with van der Waals surface area (Å²) in [6.07, 6.45) is -2.93. The molecule has 0 heterocycles. The molecule has 0 aliphatic heterocycles. The van der Waals surface area contributed by atoms with Crippen LogP contribution in [0.25, 0.3) is 0 Å². The Morgan fingerprint density at radius 1 is 1.11 bits per heavy atom. The lowest BCUT2D eigenvalue weighted by Crippen LogP contribution is -2.53. The molecule has 7 nitrogen and oxygen atoms in total. The third-order valence-corrected chi connectivity index (χ3v) is 4.29. The molecule has 1 aromatic rings. The third-order valence-electron chi connectivity index (χ3n) is 3.97. The van der Waals surface area contributed by atoms with Crippen molar-refractivity contribution in [2.45, 2.75) is 44.9 Å². The summed E-state index contributed by atoms with van der Waals surface area (Å²) in [6.45, 7) is 3.38. The van der Waals surface area contributed by atoms with Crippen LogP contribution in [0.5, 0.6) is 0 Å². The molecule has 11 heteroatoms. The first-order chi connectivity index (χ1) is 13.0. The fourth-order valence-corrected chi connectivity index (χ4v) is 2.48. The molecule has 0 unspecified atom stereocenters. The van der Waals surface area contributed by atoms with Crippen LogP contribution in [0.1, 0.15) is 32.3 Å². The Bertz CT molecular complexity index is 767. The maximum absolute atomic E-state index is 12.7.